The third-order valence-corrected chi connectivity index (χ3v) is 4.50. The standard InChI is InChI=1S/C17H30N4O3/c1-17(2,21-7-10-23-11-8-21)13-19-16(22)18-12-14(20(3)4)15-6-5-9-24-15/h5-6,9,14H,7-8,10-13H2,1-4H3,(H2,18,19,22)/t14-/m0/s1. The van der Waals surface area contributed by atoms with E-state index in [2.05, 4.69) is 29.4 Å². The van der Waals surface area contributed by atoms with Gasteiger partial charge in [-0.1, -0.05) is 0 Å². The first-order valence-corrected chi connectivity index (χ1v) is 8.44. The Kier molecular flexibility index (Phi) is 6.65. The van der Waals surface area contributed by atoms with Gasteiger partial charge in [0.25, 0.3) is 0 Å². The molecule has 2 amide bonds. The Morgan fingerprint density at radius 2 is 2.04 bits per heavy atom. The van der Waals surface area contributed by atoms with E-state index in [-0.39, 0.29) is 17.6 Å². The van der Waals surface area contributed by atoms with Crippen LogP contribution in [0.4, 0.5) is 4.79 Å². The van der Waals surface area contributed by atoms with Crippen LogP contribution in [0.1, 0.15) is 25.6 Å². The van der Waals surface area contributed by atoms with E-state index in [4.69, 9.17) is 9.15 Å². The van der Waals surface area contributed by atoms with E-state index in [1.165, 1.54) is 0 Å². The smallest absolute Gasteiger partial charge is 0.314 e. The molecule has 0 radical (unpaired) electrons. The molecule has 2 rings (SSSR count). The number of furan rings is 1. The van der Waals surface area contributed by atoms with Crippen molar-refractivity contribution in [1.82, 2.24) is 20.4 Å². The summed E-state index contributed by atoms with van der Waals surface area (Å²) in [7, 11) is 3.93. The predicted octanol–water partition coefficient (Wildman–Crippen LogP) is 1.29. The molecule has 1 aromatic heterocycles. The summed E-state index contributed by atoms with van der Waals surface area (Å²) >= 11 is 0. The van der Waals surface area contributed by atoms with Gasteiger partial charge >= 0.3 is 6.03 Å². The van der Waals surface area contributed by atoms with Gasteiger partial charge in [-0.25, -0.2) is 4.79 Å². The maximum Gasteiger partial charge on any atom is 0.314 e. The number of likely N-dealkylation sites (N-methyl/N-ethyl adjacent to an activating group) is 1. The molecule has 136 valence electrons. The summed E-state index contributed by atoms with van der Waals surface area (Å²) in [6.45, 7) is 8.67. The molecule has 1 atom stereocenters. The lowest BCUT2D eigenvalue weighted by Crippen LogP contribution is -2.56. The minimum atomic E-state index is -0.158. The molecule has 0 aliphatic carbocycles. The zero-order valence-corrected chi connectivity index (χ0v) is 15.2. The Bertz CT molecular complexity index is 496. The highest BCUT2D eigenvalue weighted by molar-refractivity contribution is 5.73. The Balaban J connectivity index is 1.78. The lowest BCUT2D eigenvalue weighted by Gasteiger charge is -2.40. The fraction of sp³-hybridized carbons (Fsp3) is 0.706. The second kappa shape index (κ2) is 8.50. The number of amides is 2. The minimum Gasteiger partial charge on any atom is -0.468 e. The maximum atomic E-state index is 12.2. The molecule has 0 saturated carbocycles. The van der Waals surface area contributed by atoms with Gasteiger partial charge in [0.2, 0.25) is 0 Å². The molecule has 7 nitrogen and oxygen atoms in total. The summed E-state index contributed by atoms with van der Waals surface area (Å²) in [5, 5.41) is 5.91. The number of rotatable bonds is 7. The van der Waals surface area contributed by atoms with Crippen LogP contribution < -0.4 is 10.6 Å². The normalized spacial score (nSPS) is 17.7. The monoisotopic (exact) mass is 338 g/mol. The molecule has 1 fully saturated rings. The molecule has 24 heavy (non-hydrogen) atoms. The van der Waals surface area contributed by atoms with Gasteiger partial charge in [0, 0.05) is 31.7 Å². The molecule has 1 aliphatic heterocycles. The topological polar surface area (TPSA) is 70.0 Å². The molecular weight excluding hydrogens is 308 g/mol. The van der Waals surface area contributed by atoms with Crippen molar-refractivity contribution in [1.29, 1.82) is 0 Å². The van der Waals surface area contributed by atoms with E-state index in [9.17, 15) is 4.79 Å². The van der Waals surface area contributed by atoms with Gasteiger partial charge in [-0.15, -0.1) is 0 Å². The van der Waals surface area contributed by atoms with Gasteiger partial charge in [-0.3, -0.25) is 9.80 Å². The van der Waals surface area contributed by atoms with Crippen molar-refractivity contribution in [2.75, 3.05) is 53.5 Å². The Morgan fingerprint density at radius 1 is 1.33 bits per heavy atom. The highest BCUT2D eigenvalue weighted by Gasteiger charge is 2.28. The van der Waals surface area contributed by atoms with Crippen molar-refractivity contribution in [3.63, 3.8) is 0 Å². The van der Waals surface area contributed by atoms with Gasteiger partial charge < -0.3 is 19.8 Å². The van der Waals surface area contributed by atoms with Crippen molar-refractivity contribution in [2.45, 2.75) is 25.4 Å². The Morgan fingerprint density at radius 3 is 2.62 bits per heavy atom. The van der Waals surface area contributed by atoms with E-state index in [1.54, 1.807) is 6.26 Å². The average Bonchev–Trinajstić information content (AvgIpc) is 3.08. The third-order valence-electron chi connectivity index (χ3n) is 4.50. The molecule has 0 aromatic carbocycles. The quantitative estimate of drug-likeness (QED) is 0.784. The molecule has 1 aliphatic rings. The lowest BCUT2D eigenvalue weighted by molar-refractivity contribution is -0.00875. The maximum absolute atomic E-state index is 12.2. The van der Waals surface area contributed by atoms with E-state index in [0.29, 0.717) is 13.1 Å². The molecule has 2 heterocycles. The van der Waals surface area contributed by atoms with E-state index in [1.807, 2.05) is 31.1 Å². The minimum absolute atomic E-state index is 0.0120. The van der Waals surface area contributed by atoms with Crippen LogP contribution in [0.2, 0.25) is 0 Å². The molecule has 1 aromatic rings. The van der Waals surface area contributed by atoms with Crippen LogP contribution in [0.15, 0.2) is 22.8 Å². The van der Waals surface area contributed by atoms with E-state index >= 15 is 0 Å². The number of ether oxygens (including phenoxy) is 1. The van der Waals surface area contributed by atoms with Gasteiger partial charge in [0.15, 0.2) is 0 Å². The second-order valence-corrected chi connectivity index (χ2v) is 6.97. The van der Waals surface area contributed by atoms with Gasteiger partial charge in [0.1, 0.15) is 5.76 Å². The predicted molar refractivity (Wildman–Crippen MR) is 93.0 cm³/mol. The van der Waals surface area contributed by atoms with Crippen LogP contribution >= 0.6 is 0 Å². The number of morpholine rings is 1. The number of nitrogens with one attached hydrogen (secondary N) is 2. The largest absolute Gasteiger partial charge is 0.468 e. The fourth-order valence-corrected chi connectivity index (χ4v) is 2.85. The molecule has 1 saturated heterocycles. The molecule has 7 heteroatoms. The summed E-state index contributed by atoms with van der Waals surface area (Å²) in [5.74, 6) is 0.842. The number of carbonyl (C=O) groups is 1. The SMILES string of the molecule is CN(C)[C@@H](CNC(=O)NCC(C)(C)N1CCOCC1)c1ccco1. The second-order valence-electron chi connectivity index (χ2n) is 6.97. The van der Waals surface area contributed by atoms with Gasteiger partial charge in [0.05, 0.1) is 25.5 Å². The van der Waals surface area contributed by atoms with E-state index in [0.717, 1.165) is 32.1 Å². The highest BCUT2D eigenvalue weighted by atomic mass is 16.5. The van der Waals surface area contributed by atoms with Crippen LogP contribution in [0.25, 0.3) is 0 Å². The summed E-state index contributed by atoms with van der Waals surface area (Å²) in [5.41, 5.74) is -0.0942. The van der Waals surface area contributed by atoms with Gasteiger partial charge in [-0.2, -0.15) is 0 Å². The van der Waals surface area contributed by atoms with Crippen LogP contribution in [0.5, 0.6) is 0 Å². The number of hydrogen-bond donors (Lipinski definition) is 2. The average molecular weight is 338 g/mol. The highest BCUT2D eigenvalue weighted by Crippen LogP contribution is 2.17. The van der Waals surface area contributed by atoms with Crippen LogP contribution in [-0.2, 0) is 4.74 Å². The number of nitrogens with zero attached hydrogens (tertiary/aromatic N) is 2. The van der Waals surface area contributed by atoms with Crippen LogP contribution in [0, 0.1) is 0 Å². The van der Waals surface area contributed by atoms with Crippen molar-refractivity contribution >= 4 is 6.03 Å². The van der Waals surface area contributed by atoms with E-state index < -0.39 is 0 Å². The van der Waals surface area contributed by atoms with Crippen LogP contribution in [-0.4, -0.2) is 74.9 Å². The number of hydrogen-bond acceptors (Lipinski definition) is 5. The summed E-state index contributed by atoms with van der Waals surface area (Å²) in [6.07, 6.45) is 1.65. The zero-order valence-electron chi connectivity index (χ0n) is 15.2. The first-order valence-electron chi connectivity index (χ1n) is 8.44. The van der Waals surface area contributed by atoms with Gasteiger partial charge in [-0.05, 0) is 40.1 Å². The Hall–Kier alpha value is -1.57. The summed E-state index contributed by atoms with van der Waals surface area (Å²) in [6, 6.07) is 3.63. The number of urea groups is 1. The summed E-state index contributed by atoms with van der Waals surface area (Å²) < 4.78 is 10.8. The van der Waals surface area contributed by atoms with Crippen molar-refractivity contribution in [2.24, 2.45) is 0 Å². The van der Waals surface area contributed by atoms with Crippen molar-refractivity contribution in [3.8, 4) is 0 Å². The molecule has 0 spiro atoms. The summed E-state index contributed by atoms with van der Waals surface area (Å²) in [4.78, 5) is 16.5. The molecule has 2 N–H and O–H groups in total. The lowest BCUT2D eigenvalue weighted by atomic mass is 10.0. The number of carbonyl (C=O) groups excluding carboxylic acids is 1. The molecule has 0 unspecified atom stereocenters. The molecule has 0 bridgehead atoms. The van der Waals surface area contributed by atoms with Crippen molar-refractivity contribution in [3.05, 3.63) is 24.2 Å². The zero-order chi connectivity index (χ0) is 17.6. The fourth-order valence-electron chi connectivity index (χ4n) is 2.85. The Labute approximate surface area is 144 Å². The first-order chi connectivity index (χ1) is 11.4. The molecular formula is C17H30N4O3. The van der Waals surface area contributed by atoms with Crippen LogP contribution in [0.3, 0.4) is 0 Å². The van der Waals surface area contributed by atoms with Crippen molar-refractivity contribution < 1.29 is 13.9 Å². The third kappa shape index (κ3) is 5.22. The first kappa shape index (κ1) is 18.8.